The maximum Gasteiger partial charge on any atom is 0.255 e. The summed E-state index contributed by atoms with van der Waals surface area (Å²) in [4.78, 5) is 13.3. The van der Waals surface area contributed by atoms with Crippen molar-refractivity contribution in [2.45, 2.75) is 31.2 Å². The molecular formula is C18H19N3O5S2. The highest BCUT2D eigenvalue weighted by Gasteiger charge is 2.16. The first-order chi connectivity index (χ1) is 13.3. The molecule has 0 aliphatic heterocycles. The van der Waals surface area contributed by atoms with Crippen LogP contribution in [-0.2, 0) is 23.2 Å². The number of nitrogens with two attached hydrogens (primary N) is 1. The van der Waals surface area contributed by atoms with Crippen LogP contribution in [0.2, 0.25) is 0 Å². The third-order valence-corrected chi connectivity index (χ3v) is 6.55. The molecule has 0 aliphatic carbocycles. The summed E-state index contributed by atoms with van der Waals surface area (Å²) in [5.74, 6) is 0.763. The number of aromatic nitrogens is 1. The molecule has 0 fully saturated rings. The molecule has 148 valence electrons. The minimum atomic E-state index is -3.74. The highest BCUT2D eigenvalue weighted by molar-refractivity contribution is 7.91. The number of rotatable bonds is 7. The van der Waals surface area contributed by atoms with Gasteiger partial charge in [0.2, 0.25) is 10.0 Å². The number of primary sulfonamides is 1. The lowest BCUT2D eigenvalue weighted by atomic mass is 10.2. The number of ether oxygens (including phenoxy) is 1. The number of thiophene rings is 1. The lowest BCUT2D eigenvalue weighted by molar-refractivity contribution is 0.0946. The fraction of sp³-hybridized carbons (Fsp3) is 0.222. The maximum absolute atomic E-state index is 12.6. The minimum absolute atomic E-state index is 0.0555. The van der Waals surface area contributed by atoms with Crippen molar-refractivity contribution in [2.24, 2.45) is 5.14 Å². The topological polar surface area (TPSA) is 125 Å². The Hall–Kier alpha value is -2.69. The first kappa shape index (κ1) is 20.1. The summed E-state index contributed by atoms with van der Waals surface area (Å²) in [6.45, 7) is 4.03. The van der Waals surface area contributed by atoms with Gasteiger partial charge >= 0.3 is 0 Å². The predicted octanol–water partition coefficient (Wildman–Crippen LogP) is 2.51. The molecule has 3 rings (SSSR count). The number of hydrogen-bond donors (Lipinski definition) is 2. The number of aryl methyl sites for hydroxylation is 2. The van der Waals surface area contributed by atoms with Crippen molar-refractivity contribution in [1.82, 2.24) is 10.5 Å². The van der Waals surface area contributed by atoms with Gasteiger partial charge in [-0.05, 0) is 38.1 Å². The van der Waals surface area contributed by atoms with E-state index in [1.807, 2.05) is 6.92 Å². The number of carbonyl (C=O) groups is 1. The van der Waals surface area contributed by atoms with E-state index in [4.69, 9.17) is 14.4 Å². The van der Waals surface area contributed by atoms with Crippen LogP contribution < -0.4 is 15.2 Å². The molecule has 0 saturated carbocycles. The summed E-state index contributed by atoms with van der Waals surface area (Å²) in [6.07, 6.45) is 0. The van der Waals surface area contributed by atoms with E-state index >= 15 is 0 Å². The van der Waals surface area contributed by atoms with Gasteiger partial charge in [0.15, 0.2) is 0 Å². The van der Waals surface area contributed by atoms with Crippen LogP contribution in [0.5, 0.6) is 5.75 Å². The zero-order valence-corrected chi connectivity index (χ0v) is 16.9. The molecule has 0 atom stereocenters. The molecule has 3 aromatic rings. The number of benzene rings is 1. The molecule has 1 amide bonds. The first-order valence-corrected chi connectivity index (χ1v) is 10.7. The van der Waals surface area contributed by atoms with Gasteiger partial charge in [-0.3, -0.25) is 4.79 Å². The van der Waals surface area contributed by atoms with Crippen molar-refractivity contribution in [2.75, 3.05) is 0 Å². The third kappa shape index (κ3) is 4.58. The minimum Gasteiger partial charge on any atom is -0.488 e. The van der Waals surface area contributed by atoms with E-state index in [0.717, 1.165) is 22.6 Å². The van der Waals surface area contributed by atoms with Crippen LogP contribution in [0.15, 0.2) is 45.1 Å². The molecule has 1 aromatic carbocycles. The van der Waals surface area contributed by atoms with E-state index in [1.54, 1.807) is 37.3 Å². The molecule has 28 heavy (non-hydrogen) atoms. The van der Waals surface area contributed by atoms with E-state index in [1.165, 1.54) is 6.07 Å². The van der Waals surface area contributed by atoms with Crippen LogP contribution in [0.4, 0.5) is 0 Å². The molecule has 3 N–H and O–H groups in total. The molecule has 0 radical (unpaired) electrons. The number of hydrogen-bond acceptors (Lipinski definition) is 7. The molecule has 8 nitrogen and oxygen atoms in total. The van der Waals surface area contributed by atoms with Crippen molar-refractivity contribution in [3.63, 3.8) is 0 Å². The summed E-state index contributed by atoms with van der Waals surface area (Å²) < 4.78 is 33.7. The maximum atomic E-state index is 12.6. The molecule has 0 spiro atoms. The standard InChI is InChI=1S/C18H19N3O5S2/c1-11-15(12(2)26-21-11)10-25-16-6-4-3-5-14(16)18(22)20-9-13-7-8-17(27-13)28(19,23)24/h3-8H,9-10H2,1-2H3,(H,20,22)(H2,19,23,24). The van der Waals surface area contributed by atoms with E-state index in [-0.39, 0.29) is 23.3 Å². The molecule has 0 unspecified atom stereocenters. The van der Waals surface area contributed by atoms with Crippen LogP contribution in [0.3, 0.4) is 0 Å². The molecule has 0 aliphatic rings. The summed E-state index contributed by atoms with van der Waals surface area (Å²) in [5, 5.41) is 11.7. The largest absolute Gasteiger partial charge is 0.488 e. The summed E-state index contributed by atoms with van der Waals surface area (Å²) in [6, 6.07) is 9.91. The van der Waals surface area contributed by atoms with Crippen molar-refractivity contribution in [3.05, 3.63) is 63.9 Å². The Labute approximate surface area is 166 Å². The Morgan fingerprint density at radius 1 is 1.25 bits per heavy atom. The monoisotopic (exact) mass is 421 g/mol. The van der Waals surface area contributed by atoms with Crippen molar-refractivity contribution in [1.29, 1.82) is 0 Å². The lowest BCUT2D eigenvalue weighted by Crippen LogP contribution is -2.23. The predicted molar refractivity (Wildman–Crippen MR) is 104 cm³/mol. The van der Waals surface area contributed by atoms with E-state index in [0.29, 0.717) is 22.0 Å². The van der Waals surface area contributed by atoms with Gasteiger partial charge in [-0.1, -0.05) is 17.3 Å². The van der Waals surface area contributed by atoms with E-state index in [9.17, 15) is 13.2 Å². The van der Waals surface area contributed by atoms with Gasteiger partial charge < -0.3 is 14.6 Å². The highest BCUT2D eigenvalue weighted by atomic mass is 32.2. The number of para-hydroxylation sites is 1. The molecule has 0 saturated heterocycles. The van der Waals surface area contributed by atoms with Crippen molar-refractivity contribution in [3.8, 4) is 5.75 Å². The van der Waals surface area contributed by atoms with Crippen LogP contribution in [-0.4, -0.2) is 19.5 Å². The summed E-state index contributed by atoms with van der Waals surface area (Å²) in [7, 11) is -3.74. The first-order valence-electron chi connectivity index (χ1n) is 8.29. The summed E-state index contributed by atoms with van der Waals surface area (Å²) >= 11 is 1.02. The van der Waals surface area contributed by atoms with Gasteiger partial charge in [0.25, 0.3) is 5.91 Å². The van der Waals surface area contributed by atoms with Crippen molar-refractivity contribution < 1.29 is 22.5 Å². The number of carbonyl (C=O) groups excluding carboxylic acids is 1. The average molecular weight is 422 g/mol. The lowest BCUT2D eigenvalue weighted by Gasteiger charge is -2.11. The summed E-state index contributed by atoms with van der Waals surface area (Å²) in [5.41, 5.74) is 1.95. The third-order valence-electron chi connectivity index (χ3n) is 4.03. The fourth-order valence-corrected chi connectivity index (χ4v) is 4.23. The van der Waals surface area contributed by atoms with Crippen LogP contribution >= 0.6 is 11.3 Å². The Morgan fingerprint density at radius 3 is 2.64 bits per heavy atom. The van der Waals surface area contributed by atoms with E-state index < -0.39 is 10.0 Å². The average Bonchev–Trinajstić information content (AvgIpc) is 3.25. The van der Waals surface area contributed by atoms with Crippen LogP contribution in [0.25, 0.3) is 0 Å². The van der Waals surface area contributed by atoms with Crippen molar-refractivity contribution >= 4 is 27.3 Å². The van der Waals surface area contributed by atoms with Gasteiger partial charge in [-0.25, -0.2) is 13.6 Å². The van der Waals surface area contributed by atoms with Gasteiger partial charge in [0, 0.05) is 4.88 Å². The van der Waals surface area contributed by atoms with Gasteiger partial charge in [0.1, 0.15) is 22.3 Å². The smallest absolute Gasteiger partial charge is 0.255 e. The second-order valence-electron chi connectivity index (χ2n) is 6.04. The zero-order chi connectivity index (χ0) is 20.3. The normalized spacial score (nSPS) is 11.4. The SMILES string of the molecule is Cc1noc(C)c1COc1ccccc1C(=O)NCc1ccc(S(N)(=O)=O)s1. The Morgan fingerprint density at radius 2 is 2.00 bits per heavy atom. The van der Waals surface area contributed by atoms with Crippen LogP contribution in [0, 0.1) is 13.8 Å². The second kappa shape index (κ2) is 8.13. The number of nitrogens with one attached hydrogen (secondary N) is 1. The second-order valence-corrected chi connectivity index (χ2v) is 8.99. The Kier molecular flexibility index (Phi) is 5.82. The van der Waals surface area contributed by atoms with Gasteiger partial charge in [-0.15, -0.1) is 11.3 Å². The van der Waals surface area contributed by atoms with E-state index in [2.05, 4.69) is 10.5 Å². The van der Waals surface area contributed by atoms with Gasteiger partial charge in [0.05, 0.1) is 23.4 Å². The molecular weight excluding hydrogens is 402 g/mol. The quantitative estimate of drug-likeness (QED) is 0.604. The van der Waals surface area contributed by atoms with Gasteiger partial charge in [-0.2, -0.15) is 0 Å². The molecule has 2 heterocycles. The molecule has 10 heteroatoms. The fourth-order valence-electron chi connectivity index (χ4n) is 2.51. The number of amides is 1. The highest BCUT2D eigenvalue weighted by Crippen LogP contribution is 2.23. The molecule has 0 bridgehead atoms. The Balaban J connectivity index is 1.68. The molecule has 2 aromatic heterocycles. The Bertz CT molecular complexity index is 1080. The number of sulfonamides is 1. The number of nitrogens with zero attached hydrogens (tertiary/aromatic N) is 1. The zero-order valence-electron chi connectivity index (χ0n) is 15.3. The van der Waals surface area contributed by atoms with Crippen LogP contribution in [0.1, 0.15) is 32.3 Å².